The summed E-state index contributed by atoms with van der Waals surface area (Å²) in [5, 5.41) is 10.7. The number of aliphatic hydroxyl groups is 1. The third-order valence-electron chi connectivity index (χ3n) is 20.6. The van der Waals surface area contributed by atoms with Gasteiger partial charge in [0.1, 0.15) is 19.3 Å². The molecule has 0 spiro atoms. The van der Waals surface area contributed by atoms with Crippen LogP contribution in [0.15, 0.2) is 0 Å². The second-order valence-corrected chi connectivity index (χ2v) is 34.6. The van der Waals surface area contributed by atoms with Crippen molar-refractivity contribution in [1.29, 1.82) is 0 Å². The monoisotopic (exact) mass is 1540 g/mol. The van der Waals surface area contributed by atoms with Gasteiger partial charge in [-0.05, 0) is 37.5 Å². The minimum absolute atomic E-state index is 0.108. The first-order chi connectivity index (χ1) is 50.9. The van der Waals surface area contributed by atoms with Crippen LogP contribution in [0.1, 0.15) is 459 Å². The lowest BCUT2D eigenvalue weighted by Crippen LogP contribution is -2.30. The number of carbonyl (C=O) groups excluding carboxylic acids is 4. The SMILES string of the molecule is CCCCCCCCCCCCCCCCCCCCCCCCC(=O)O[C@H](COC(=O)CCCCCCCCCCCCCCCCC(C)C)COP(=O)(O)OC[C@@H](O)COP(=O)(O)OC[C@@H](COC(=O)CCCCCCCCC(C)CC)OC(=O)CCCCCCCCCCCCCCCCCC. The van der Waals surface area contributed by atoms with Crippen molar-refractivity contribution in [1.82, 2.24) is 0 Å². The molecule has 0 fully saturated rings. The zero-order valence-corrected chi connectivity index (χ0v) is 70.8. The number of ether oxygens (including phenoxy) is 4. The van der Waals surface area contributed by atoms with Crippen LogP contribution in [0.3, 0.4) is 0 Å². The summed E-state index contributed by atoms with van der Waals surface area (Å²) in [6.07, 6.45) is 69.5. The number of carbonyl (C=O) groups is 4. The van der Waals surface area contributed by atoms with Gasteiger partial charge in [-0.1, -0.05) is 408 Å². The van der Waals surface area contributed by atoms with Gasteiger partial charge in [-0.2, -0.15) is 0 Å². The van der Waals surface area contributed by atoms with Gasteiger partial charge in [-0.25, -0.2) is 9.13 Å². The summed E-state index contributed by atoms with van der Waals surface area (Å²) >= 11 is 0. The molecule has 0 aromatic carbocycles. The Morgan fingerprint density at radius 3 is 0.724 bits per heavy atom. The van der Waals surface area contributed by atoms with Gasteiger partial charge in [-0.15, -0.1) is 0 Å². The largest absolute Gasteiger partial charge is 0.472 e. The molecule has 0 aliphatic rings. The highest BCUT2D eigenvalue weighted by Gasteiger charge is 2.30. The number of unbranched alkanes of at least 4 members (excludes halogenated alkanes) is 54. The molecule has 0 aliphatic carbocycles. The first-order valence-electron chi connectivity index (χ1n) is 44.5. The van der Waals surface area contributed by atoms with E-state index in [-0.39, 0.29) is 25.7 Å². The summed E-state index contributed by atoms with van der Waals surface area (Å²) in [4.78, 5) is 73.2. The predicted molar refractivity (Wildman–Crippen MR) is 432 cm³/mol. The molecule has 0 heterocycles. The summed E-state index contributed by atoms with van der Waals surface area (Å²) in [6.45, 7) is 9.65. The molecular weight excluding hydrogens is 1370 g/mol. The Kier molecular flexibility index (Phi) is 76.0. The maximum Gasteiger partial charge on any atom is 0.472 e. The standard InChI is InChI=1S/C86H168O17P2/c1-7-10-12-14-16-18-20-22-24-26-27-28-29-30-31-33-39-43-47-51-59-65-70-85(90)102-81(74-96-83(88)68-62-56-49-45-41-37-35-34-36-40-44-48-54-60-66-78(4)5)76-100-104(92,93)98-72-80(87)73-99-105(94,95)101-77-82(75-97-84(89)69-63-57-53-52-55-61-67-79(6)9-3)103-86(91)71-64-58-50-46-42-38-32-25-23-21-19-17-15-13-11-8-2/h78-82,87H,7-77H2,1-6H3,(H,92,93)(H,94,95)/t79?,80-,81-,82-/m1/s1. The van der Waals surface area contributed by atoms with E-state index in [1.807, 2.05) is 0 Å². The molecule has 0 aromatic heterocycles. The average molecular weight is 1540 g/mol. The molecule has 6 atom stereocenters. The summed E-state index contributed by atoms with van der Waals surface area (Å²) < 4.78 is 68.9. The molecule has 105 heavy (non-hydrogen) atoms. The lowest BCUT2D eigenvalue weighted by molar-refractivity contribution is -0.161. The lowest BCUT2D eigenvalue weighted by atomic mass is 10.00. The van der Waals surface area contributed by atoms with Gasteiger partial charge in [0.05, 0.1) is 26.4 Å². The molecule has 3 unspecified atom stereocenters. The van der Waals surface area contributed by atoms with E-state index in [0.29, 0.717) is 25.7 Å². The Morgan fingerprint density at radius 2 is 0.486 bits per heavy atom. The van der Waals surface area contributed by atoms with E-state index >= 15 is 0 Å². The highest BCUT2D eigenvalue weighted by Crippen LogP contribution is 2.45. The van der Waals surface area contributed by atoms with Gasteiger partial charge in [0.2, 0.25) is 0 Å². The van der Waals surface area contributed by atoms with Crippen molar-refractivity contribution in [3.05, 3.63) is 0 Å². The van der Waals surface area contributed by atoms with Crippen LogP contribution < -0.4 is 0 Å². The second-order valence-electron chi connectivity index (χ2n) is 31.6. The third-order valence-corrected chi connectivity index (χ3v) is 22.5. The molecule has 0 rings (SSSR count). The fourth-order valence-corrected chi connectivity index (χ4v) is 15.0. The summed E-state index contributed by atoms with van der Waals surface area (Å²) in [6, 6.07) is 0. The first-order valence-corrected chi connectivity index (χ1v) is 47.5. The van der Waals surface area contributed by atoms with Gasteiger partial charge >= 0.3 is 39.5 Å². The Balaban J connectivity index is 5.22. The van der Waals surface area contributed by atoms with Crippen molar-refractivity contribution in [2.24, 2.45) is 11.8 Å². The van der Waals surface area contributed by atoms with E-state index in [9.17, 15) is 43.2 Å². The first kappa shape index (κ1) is 103. The maximum atomic E-state index is 13.1. The van der Waals surface area contributed by atoms with Crippen molar-refractivity contribution < 1.29 is 80.2 Å². The quantitative estimate of drug-likeness (QED) is 0.0222. The minimum Gasteiger partial charge on any atom is -0.462 e. The molecule has 0 saturated heterocycles. The fraction of sp³-hybridized carbons (Fsp3) is 0.953. The number of aliphatic hydroxyl groups excluding tert-OH is 1. The van der Waals surface area contributed by atoms with Crippen molar-refractivity contribution in [2.75, 3.05) is 39.6 Å². The van der Waals surface area contributed by atoms with Crippen LogP contribution in [0.4, 0.5) is 0 Å². The van der Waals surface area contributed by atoms with Gasteiger partial charge in [-0.3, -0.25) is 37.3 Å². The van der Waals surface area contributed by atoms with Crippen LogP contribution >= 0.6 is 15.6 Å². The normalized spacial score (nSPS) is 14.1. The van der Waals surface area contributed by atoms with Crippen molar-refractivity contribution >= 4 is 39.5 Å². The zero-order chi connectivity index (χ0) is 77.1. The Hall–Kier alpha value is -1.94. The van der Waals surface area contributed by atoms with Crippen molar-refractivity contribution in [2.45, 2.75) is 477 Å². The van der Waals surface area contributed by atoms with Crippen LogP contribution in [-0.2, 0) is 65.4 Å². The van der Waals surface area contributed by atoms with Gasteiger partial charge < -0.3 is 33.8 Å². The summed E-state index contributed by atoms with van der Waals surface area (Å²) in [5.74, 6) is -0.574. The van der Waals surface area contributed by atoms with E-state index in [1.165, 1.54) is 270 Å². The number of hydrogen-bond donors (Lipinski definition) is 3. The molecule has 17 nitrogen and oxygen atoms in total. The molecule has 624 valence electrons. The van der Waals surface area contributed by atoms with Crippen LogP contribution in [0, 0.1) is 11.8 Å². The molecular formula is C86H168O17P2. The van der Waals surface area contributed by atoms with E-state index in [1.54, 1.807) is 0 Å². The molecule has 0 saturated carbocycles. The molecule has 0 aliphatic heterocycles. The van der Waals surface area contributed by atoms with Crippen molar-refractivity contribution in [3.8, 4) is 0 Å². The highest BCUT2D eigenvalue weighted by atomic mass is 31.2. The summed E-state index contributed by atoms with van der Waals surface area (Å²) in [5.41, 5.74) is 0. The smallest absolute Gasteiger partial charge is 0.462 e. The Morgan fingerprint density at radius 1 is 0.276 bits per heavy atom. The molecule has 0 amide bonds. The molecule has 0 bridgehead atoms. The fourth-order valence-electron chi connectivity index (χ4n) is 13.4. The van der Waals surface area contributed by atoms with Gasteiger partial charge in [0.25, 0.3) is 0 Å². The predicted octanol–water partition coefficient (Wildman–Crippen LogP) is 26.2. The molecule has 0 aromatic rings. The van der Waals surface area contributed by atoms with E-state index in [2.05, 4.69) is 41.5 Å². The number of phosphoric ester groups is 2. The Labute approximate surface area is 645 Å². The van der Waals surface area contributed by atoms with Crippen molar-refractivity contribution in [3.63, 3.8) is 0 Å². The number of hydrogen-bond acceptors (Lipinski definition) is 15. The number of phosphoric acid groups is 2. The van der Waals surface area contributed by atoms with Crippen LogP contribution in [-0.4, -0.2) is 96.7 Å². The third kappa shape index (κ3) is 78.5. The minimum atomic E-state index is -4.97. The topological polar surface area (TPSA) is 237 Å². The lowest BCUT2D eigenvalue weighted by Gasteiger charge is -2.21. The van der Waals surface area contributed by atoms with E-state index in [4.69, 9.17) is 37.0 Å². The van der Waals surface area contributed by atoms with Gasteiger partial charge in [0, 0.05) is 25.7 Å². The summed E-state index contributed by atoms with van der Waals surface area (Å²) in [7, 11) is -9.93. The zero-order valence-electron chi connectivity index (χ0n) is 69.0. The average Bonchev–Trinajstić information content (AvgIpc) is 0.936. The number of esters is 4. The van der Waals surface area contributed by atoms with Gasteiger partial charge in [0.15, 0.2) is 12.2 Å². The van der Waals surface area contributed by atoms with E-state index in [0.717, 1.165) is 108 Å². The molecule has 0 radical (unpaired) electrons. The Bertz CT molecular complexity index is 2010. The molecule has 3 N–H and O–H groups in total. The highest BCUT2D eigenvalue weighted by molar-refractivity contribution is 7.47. The number of rotatable bonds is 85. The van der Waals surface area contributed by atoms with Crippen LogP contribution in [0.2, 0.25) is 0 Å². The molecule has 19 heteroatoms. The maximum absolute atomic E-state index is 13.1. The van der Waals surface area contributed by atoms with Crippen LogP contribution in [0.5, 0.6) is 0 Å². The van der Waals surface area contributed by atoms with E-state index < -0.39 is 97.5 Å². The second kappa shape index (κ2) is 77.4. The van der Waals surface area contributed by atoms with Crippen LogP contribution in [0.25, 0.3) is 0 Å².